The Labute approximate surface area is 198 Å². The maximum Gasteiger partial charge on any atom is 0.248 e. The van der Waals surface area contributed by atoms with E-state index in [1.165, 1.54) is 13.2 Å². The van der Waals surface area contributed by atoms with Gasteiger partial charge in [-0.15, -0.1) is 0 Å². The molecule has 3 aromatic carbocycles. The molecule has 176 valence electrons. The molecule has 3 aromatic rings. The third-order valence-corrected chi connectivity index (χ3v) is 5.02. The Balaban J connectivity index is 1.90. The average molecular weight is 462 g/mol. The number of carbonyl (C=O) groups is 1. The molecule has 0 aliphatic carbocycles. The molecule has 0 bridgehead atoms. The minimum atomic E-state index is -0.366. The molecule has 34 heavy (non-hydrogen) atoms. The molecule has 0 aliphatic heterocycles. The van der Waals surface area contributed by atoms with E-state index in [1.807, 2.05) is 36.4 Å². The molecule has 0 fully saturated rings. The molecule has 0 unspecified atom stereocenters. The second-order valence-electron chi connectivity index (χ2n) is 7.10. The van der Waals surface area contributed by atoms with Gasteiger partial charge in [0.25, 0.3) is 0 Å². The highest BCUT2D eigenvalue weighted by Gasteiger charge is 2.13. The number of para-hydroxylation sites is 2. The SMILES string of the molecule is COc1cccc(/C=C/c2cc(OC)c(OC)c(OC)c2)c1NC(=O)/C=C/c1ccccc1O. The molecule has 0 radical (unpaired) electrons. The van der Waals surface area contributed by atoms with Gasteiger partial charge in [-0.3, -0.25) is 4.79 Å². The number of methoxy groups -OCH3 is 4. The summed E-state index contributed by atoms with van der Waals surface area (Å²) in [7, 11) is 6.20. The number of amides is 1. The van der Waals surface area contributed by atoms with Crippen LogP contribution in [0.5, 0.6) is 28.7 Å². The molecule has 1 amide bonds. The van der Waals surface area contributed by atoms with Crippen molar-refractivity contribution in [3.05, 3.63) is 77.4 Å². The van der Waals surface area contributed by atoms with E-state index < -0.39 is 0 Å². The molecule has 0 heterocycles. The predicted molar refractivity (Wildman–Crippen MR) is 134 cm³/mol. The van der Waals surface area contributed by atoms with Crippen LogP contribution in [-0.4, -0.2) is 39.5 Å². The molecule has 0 saturated heterocycles. The van der Waals surface area contributed by atoms with Gasteiger partial charge in [0.1, 0.15) is 11.5 Å². The second-order valence-corrected chi connectivity index (χ2v) is 7.10. The molecule has 0 aromatic heterocycles. The molecule has 0 aliphatic rings. The first kappa shape index (κ1) is 24.3. The van der Waals surface area contributed by atoms with Crippen LogP contribution in [-0.2, 0) is 4.79 Å². The van der Waals surface area contributed by atoms with E-state index in [2.05, 4.69) is 5.32 Å². The second kappa shape index (κ2) is 11.5. The first-order valence-electron chi connectivity index (χ1n) is 10.4. The molecule has 7 nitrogen and oxygen atoms in total. The highest BCUT2D eigenvalue weighted by Crippen LogP contribution is 2.39. The topological polar surface area (TPSA) is 86.3 Å². The lowest BCUT2D eigenvalue weighted by molar-refractivity contribution is -0.111. The summed E-state index contributed by atoms with van der Waals surface area (Å²) in [5.74, 6) is 1.82. The van der Waals surface area contributed by atoms with Crippen molar-refractivity contribution in [2.24, 2.45) is 0 Å². The quantitative estimate of drug-likeness (QED) is 0.334. The van der Waals surface area contributed by atoms with Gasteiger partial charge in [0.2, 0.25) is 11.7 Å². The minimum absolute atomic E-state index is 0.0952. The van der Waals surface area contributed by atoms with Crippen molar-refractivity contribution >= 4 is 29.8 Å². The van der Waals surface area contributed by atoms with Crippen molar-refractivity contribution in [2.75, 3.05) is 33.8 Å². The molecular weight excluding hydrogens is 434 g/mol. The van der Waals surface area contributed by atoms with Gasteiger partial charge in [-0.25, -0.2) is 0 Å². The van der Waals surface area contributed by atoms with Gasteiger partial charge >= 0.3 is 0 Å². The summed E-state index contributed by atoms with van der Waals surface area (Å²) in [5.41, 5.74) is 2.60. The number of hydrogen-bond acceptors (Lipinski definition) is 6. The molecule has 0 spiro atoms. The molecular formula is C27H27NO6. The smallest absolute Gasteiger partial charge is 0.248 e. The number of ether oxygens (including phenoxy) is 4. The Hall–Kier alpha value is -4.39. The summed E-state index contributed by atoms with van der Waals surface area (Å²) in [6.07, 6.45) is 6.62. The average Bonchev–Trinajstić information content (AvgIpc) is 2.86. The first-order chi connectivity index (χ1) is 16.5. The fourth-order valence-corrected chi connectivity index (χ4v) is 3.33. The van der Waals surface area contributed by atoms with Crippen LogP contribution in [0, 0.1) is 0 Å². The van der Waals surface area contributed by atoms with Crippen molar-refractivity contribution in [3.8, 4) is 28.7 Å². The van der Waals surface area contributed by atoms with Gasteiger partial charge in [0.05, 0.1) is 34.1 Å². The fourth-order valence-electron chi connectivity index (χ4n) is 3.33. The van der Waals surface area contributed by atoms with Gasteiger partial charge in [0, 0.05) is 17.2 Å². The van der Waals surface area contributed by atoms with Crippen LogP contribution in [0.4, 0.5) is 5.69 Å². The standard InChI is InChI=1S/C27H27NO6/c1-31-22-11-7-9-20(13-12-18-16-23(32-2)27(34-4)24(17-18)33-3)26(22)28-25(30)15-14-19-8-5-6-10-21(19)29/h5-17,29H,1-4H3,(H,28,30)/b13-12+,15-14+. The normalized spacial score (nSPS) is 10.9. The minimum Gasteiger partial charge on any atom is -0.507 e. The Morgan fingerprint density at radius 2 is 1.41 bits per heavy atom. The summed E-state index contributed by atoms with van der Waals surface area (Å²) in [6, 6.07) is 15.9. The number of hydrogen-bond donors (Lipinski definition) is 2. The number of carbonyl (C=O) groups excluding carboxylic acids is 1. The van der Waals surface area contributed by atoms with Crippen LogP contribution < -0.4 is 24.3 Å². The van der Waals surface area contributed by atoms with Gasteiger partial charge in [-0.1, -0.05) is 42.5 Å². The van der Waals surface area contributed by atoms with Crippen LogP contribution in [0.2, 0.25) is 0 Å². The number of nitrogens with one attached hydrogen (secondary N) is 1. The lowest BCUT2D eigenvalue weighted by Crippen LogP contribution is -2.10. The van der Waals surface area contributed by atoms with E-state index in [0.717, 1.165) is 11.1 Å². The highest BCUT2D eigenvalue weighted by atomic mass is 16.5. The van der Waals surface area contributed by atoms with E-state index in [4.69, 9.17) is 18.9 Å². The van der Waals surface area contributed by atoms with Gasteiger partial charge < -0.3 is 29.4 Å². The van der Waals surface area contributed by atoms with Crippen molar-refractivity contribution in [1.82, 2.24) is 0 Å². The molecule has 7 heteroatoms. The largest absolute Gasteiger partial charge is 0.507 e. The van der Waals surface area contributed by atoms with Crippen LogP contribution in [0.1, 0.15) is 16.7 Å². The van der Waals surface area contributed by atoms with Crippen molar-refractivity contribution in [1.29, 1.82) is 0 Å². The number of aromatic hydroxyl groups is 1. The first-order valence-corrected chi connectivity index (χ1v) is 10.4. The molecule has 3 rings (SSSR count). The highest BCUT2D eigenvalue weighted by molar-refractivity contribution is 6.04. The number of phenolic OH excluding ortho intramolecular Hbond substituents is 1. The molecule has 0 atom stereocenters. The summed E-state index contributed by atoms with van der Waals surface area (Å²) in [5, 5.41) is 12.8. The number of phenols is 1. The third-order valence-electron chi connectivity index (χ3n) is 5.02. The van der Waals surface area contributed by atoms with Crippen LogP contribution >= 0.6 is 0 Å². The van der Waals surface area contributed by atoms with Crippen molar-refractivity contribution < 1.29 is 28.8 Å². The van der Waals surface area contributed by atoms with Gasteiger partial charge in [-0.05, 0) is 35.9 Å². The Kier molecular flexibility index (Phi) is 8.18. The van der Waals surface area contributed by atoms with Crippen molar-refractivity contribution in [3.63, 3.8) is 0 Å². The zero-order valence-corrected chi connectivity index (χ0v) is 19.5. The van der Waals surface area contributed by atoms with Crippen LogP contribution in [0.25, 0.3) is 18.2 Å². The fraction of sp³-hybridized carbons (Fsp3) is 0.148. The van der Waals surface area contributed by atoms with E-state index in [0.29, 0.717) is 34.2 Å². The molecule has 0 saturated carbocycles. The lowest BCUT2D eigenvalue weighted by atomic mass is 10.1. The predicted octanol–water partition coefficient (Wildman–Crippen LogP) is 5.25. The molecule has 2 N–H and O–H groups in total. The summed E-state index contributed by atoms with van der Waals surface area (Å²) < 4.78 is 21.7. The lowest BCUT2D eigenvalue weighted by Gasteiger charge is -2.13. The Morgan fingerprint density at radius 3 is 2.03 bits per heavy atom. The maximum absolute atomic E-state index is 12.6. The van der Waals surface area contributed by atoms with E-state index in [-0.39, 0.29) is 11.7 Å². The zero-order chi connectivity index (χ0) is 24.5. The summed E-state index contributed by atoms with van der Waals surface area (Å²) in [4.78, 5) is 12.6. The number of anilines is 1. The van der Waals surface area contributed by atoms with E-state index >= 15 is 0 Å². The maximum atomic E-state index is 12.6. The monoisotopic (exact) mass is 461 g/mol. The Morgan fingerprint density at radius 1 is 0.765 bits per heavy atom. The van der Waals surface area contributed by atoms with Crippen LogP contribution in [0.3, 0.4) is 0 Å². The number of benzene rings is 3. The van der Waals surface area contributed by atoms with E-state index in [9.17, 15) is 9.90 Å². The van der Waals surface area contributed by atoms with Gasteiger partial charge in [-0.2, -0.15) is 0 Å². The third kappa shape index (κ3) is 5.69. The van der Waals surface area contributed by atoms with Gasteiger partial charge in [0.15, 0.2) is 11.5 Å². The number of rotatable bonds is 9. The zero-order valence-electron chi connectivity index (χ0n) is 19.5. The van der Waals surface area contributed by atoms with Crippen molar-refractivity contribution in [2.45, 2.75) is 0 Å². The summed E-state index contributed by atoms with van der Waals surface area (Å²) >= 11 is 0. The Bertz CT molecular complexity index is 1190. The summed E-state index contributed by atoms with van der Waals surface area (Å²) in [6.45, 7) is 0. The van der Waals surface area contributed by atoms with Crippen LogP contribution in [0.15, 0.2) is 60.7 Å². The van der Waals surface area contributed by atoms with E-state index in [1.54, 1.807) is 57.7 Å².